The average molecular weight is 629 g/mol. The first-order chi connectivity index (χ1) is 21.8. The minimum Gasteiger partial charge on any atom is -0.497 e. The third-order valence-electron chi connectivity index (χ3n) is 9.01. The van der Waals surface area contributed by atoms with Crippen molar-refractivity contribution in [1.82, 2.24) is 23.2 Å². The van der Waals surface area contributed by atoms with Gasteiger partial charge in [-0.25, -0.2) is 13.2 Å². The molecule has 2 fully saturated rings. The summed E-state index contributed by atoms with van der Waals surface area (Å²) in [6.45, 7) is 8.10. The fourth-order valence-electron chi connectivity index (χ4n) is 6.49. The fraction of sp³-hybridized carbons (Fsp3) is 0.364. The number of ether oxygens (including phenoxy) is 1. The Bertz CT molecular complexity index is 1910. The number of likely N-dealkylation sites (tertiary alicyclic amines) is 1. The summed E-state index contributed by atoms with van der Waals surface area (Å²) in [6.07, 6.45) is 0.820. The van der Waals surface area contributed by atoms with E-state index in [1.807, 2.05) is 6.07 Å². The normalized spacial score (nSPS) is 18.6. The highest BCUT2D eigenvalue weighted by Crippen LogP contribution is 2.30. The maximum Gasteiger partial charge on any atom is 0.344 e. The van der Waals surface area contributed by atoms with Crippen LogP contribution in [0.15, 0.2) is 82.5 Å². The quantitative estimate of drug-likeness (QED) is 0.292. The van der Waals surface area contributed by atoms with Crippen molar-refractivity contribution in [2.75, 3.05) is 52.9 Å². The van der Waals surface area contributed by atoms with Crippen molar-refractivity contribution in [2.45, 2.75) is 30.3 Å². The van der Waals surface area contributed by atoms with E-state index in [1.165, 1.54) is 54.1 Å². The van der Waals surface area contributed by atoms with E-state index in [1.54, 1.807) is 29.2 Å². The molecule has 0 radical (unpaired) electrons. The van der Waals surface area contributed by atoms with Crippen LogP contribution in [-0.4, -0.2) is 96.5 Å². The lowest BCUT2D eigenvalue weighted by atomic mass is 10.0. The lowest BCUT2D eigenvalue weighted by Crippen LogP contribution is -2.51. The summed E-state index contributed by atoms with van der Waals surface area (Å²) in [6, 6.07) is 20.2. The summed E-state index contributed by atoms with van der Waals surface area (Å²) in [7, 11) is -2.92. The third kappa shape index (κ3) is 5.63. The van der Waals surface area contributed by atoms with E-state index in [9.17, 15) is 23.3 Å². The van der Waals surface area contributed by atoms with Crippen LogP contribution in [0, 0.1) is 11.3 Å². The number of nitrogens with zero attached hydrogens (tertiary/aromatic N) is 6. The molecule has 234 valence electrons. The summed E-state index contributed by atoms with van der Waals surface area (Å²) < 4.78 is 35.2. The third-order valence-corrected chi connectivity index (χ3v) is 10.7. The Labute approximate surface area is 262 Å². The van der Waals surface area contributed by atoms with Crippen molar-refractivity contribution in [3.63, 3.8) is 0 Å². The molecule has 2 saturated heterocycles. The largest absolute Gasteiger partial charge is 0.497 e. The molecular formula is C33H36N6O5S. The van der Waals surface area contributed by atoms with Crippen molar-refractivity contribution < 1.29 is 17.9 Å². The standard InChI is InChI=1S/C33H36N6O5S/c1-3-35-17-19-36(20-18-35)26-15-16-37(23-26)32(40)31(25-7-5-4-6-8-25)38-30-21-24(22-34)9-14-29(30)39(33(38)41)45(42,43)28-12-10-27(44-2)11-13-28/h4-14,21,26,31H,3,15-20,23H2,1-2H3/t26-,31?/m0/s1. The number of imidazole rings is 1. The summed E-state index contributed by atoms with van der Waals surface area (Å²) >= 11 is 0. The predicted octanol–water partition coefficient (Wildman–Crippen LogP) is 2.75. The number of nitriles is 1. The van der Waals surface area contributed by atoms with Gasteiger partial charge in [-0.15, -0.1) is 0 Å². The van der Waals surface area contributed by atoms with Gasteiger partial charge in [0.05, 0.1) is 34.7 Å². The molecule has 1 unspecified atom stereocenters. The molecule has 2 aliphatic heterocycles. The molecule has 3 heterocycles. The van der Waals surface area contributed by atoms with Gasteiger partial charge in [0.15, 0.2) is 0 Å². The molecule has 45 heavy (non-hydrogen) atoms. The highest BCUT2D eigenvalue weighted by molar-refractivity contribution is 7.90. The first-order valence-electron chi connectivity index (χ1n) is 15.1. The van der Waals surface area contributed by atoms with Gasteiger partial charge in [0, 0.05) is 45.3 Å². The van der Waals surface area contributed by atoms with Crippen molar-refractivity contribution in [2.24, 2.45) is 0 Å². The first kappa shape index (κ1) is 30.6. The van der Waals surface area contributed by atoms with E-state index in [4.69, 9.17) is 4.74 Å². The number of carbonyl (C=O) groups excluding carboxylic acids is 1. The molecule has 0 saturated carbocycles. The van der Waals surface area contributed by atoms with Gasteiger partial charge in [-0.2, -0.15) is 9.23 Å². The molecule has 4 aromatic rings. The second kappa shape index (κ2) is 12.5. The fourth-order valence-corrected chi connectivity index (χ4v) is 7.89. The zero-order chi connectivity index (χ0) is 31.7. The zero-order valence-corrected chi connectivity index (χ0v) is 26.2. The number of amides is 1. The Morgan fingerprint density at radius 1 is 0.978 bits per heavy atom. The lowest BCUT2D eigenvalue weighted by Gasteiger charge is -2.37. The molecule has 11 nitrogen and oxygen atoms in total. The molecule has 2 atom stereocenters. The van der Waals surface area contributed by atoms with Crippen LogP contribution in [0.25, 0.3) is 11.0 Å². The number of hydrogen-bond acceptors (Lipinski definition) is 8. The molecule has 1 amide bonds. The average Bonchev–Trinajstić information content (AvgIpc) is 3.68. The second-order valence-electron chi connectivity index (χ2n) is 11.4. The number of aromatic nitrogens is 2. The lowest BCUT2D eigenvalue weighted by molar-refractivity contribution is -0.132. The highest BCUT2D eigenvalue weighted by Gasteiger charge is 2.38. The topological polar surface area (TPSA) is 121 Å². The van der Waals surface area contributed by atoms with Crippen LogP contribution in [0.2, 0.25) is 0 Å². The van der Waals surface area contributed by atoms with E-state index in [0.29, 0.717) is 24.4 Å². The van der Waals surface area contributed by atoms with Crippen molar-refractivity contribution in [3.05, 3.63) is 94.4 Å². The van der Waals surface area contributed by atoms with Gasteiger partial charge in [0.2, 0.25) is 0 Å². The molecule has 0 aliphatic carbocycles. The van der Waals surface area contributed by atoms with Crippen LogP contribution < -0.4 is 10.4 Å². The summed E-state index contributed by atoms with van der Waals surface area (Å²) in [5.41, 5.74) is 0.167. The van der Waals surface area contributed by atoms with Crippen molar-refractivity contribution >= 4 is 27.0 Å². The SMILES string of the molecule is CCN1CCN([C@H]2CCN(C(=O)C(c3ccccc3)n3c(=O)n(S(=O)(=O)c4ccc(OC)cc4)c4ccc(C#N)cc43)C2)CC1. The number of hydrogen-bond donors (Lipinski definition) is 0. The van der Waals surface area contributed by atoms with Crippen LogP contribution in [0.4, 0.5) is 0 Å². The summed E-state index contributed by atoms with van der Waals surface area (Å²) in [5, 5.41) is 9.72. The van der Waals surface area contributed by atoms with Crippen LogP contribution in [0.3, 0.4) is 0 Å². The van der Waals surface area contributed by atoms with Gasteiger partial charge in [-0.05, 0) is 61.0 Å². The minimum atomic E-state index is -4.40. The smallest absolute Gasteiger partial charge is 0.344 e. The van der Waals surface area contributed by atoms with E-state index in [-0.39, 0.29) is 33.4 Å². The van der Waals surface area contributed by atoms with Crippen molar-refractivity contribution in [1.29, 1.82) is 5.26 Å². The zero-order valence-electron chi connectivity index (χ0n) is 25.4. The molecule has 1 aromatic heterocycles. The van der Waals surface area contributed by atoms with Gasteiger partial charge >= 0.3 is 5.69 Å². The molecule has 6 rings (SSSR count). The molecule has 3 aromatic carbocycles. The van der Waals surface area contributed by atoms with Gasteiger partial charge in [-0.1, -0.05) is 37.3 Å². The van der Waals surface area contributed by atoms with Gasteiger partial charge < -0.3 is 14.5 Å². The predicted molar refractivity (Wildman–Crippen MR) is 170 cm³/mol. The monoisotopic (exact) mass is 628 g/mol. The Morgan fingerprint density at radius 3 is 2.33 bits per heavy atom. The van der Waals surface area contributed by atoms with Crippen LogP contribution in [0.5, 0.6) is 5.75 Å². The van der Waals surface area contributed by atoms with Crippen LogP contribution >= 0.6 is 0 Å². The van der Waals surface area contributed by atoms with E-state index < -0.39 is 21.8 Å². The summed E-state index contributed by atoms with van der Waals surface area (Å²) in [4.78, 5) is 35.4. The van der Waals surface area contributed by atoms with Crippen molar-refractivity contribution in [3.8, 4) is 11.8 Å². The number of likely N-dealkylation sites (N-methyl/N-ethyl adjacent to an activating group) is 1. The molecule has 12 heteroatoms. The van der Waals surface area contributed by atoms with Gasteiger partial charge in [0.25, 0.3) is 15.9 Å². The Kier molecular flexibility index (Phi) is 8.50. The molecule has 2 aliphatic rings. The Morgan fingerprint density at radius 2 is 1.69 bits per heavy atom. The van der Waals surface area contributed by atoms with E-state index >= 15 is 0 Å². The number of benzene rings is 3. The first-order valence-corrected chi connectivity index (χ1v) is 16.6. The second-order valence-corrected chi connectivity index (χ2v) is 13.2. The molecule has 0 spiro atoms. The molecule has 0 bridgehead atoms. The molecular weight excluding hydrogens is 592 g/mol. The Hall–Kier alpha value is -4.44. The van der Waals surface area contributed by atoms with Gasteiger partial charge in [-0.3, -0.25) is 14.3 Å². The Balaban J connectivity index is 1.45. The van der Waals surface area contributed by atoms with Gasteiger partial charge in [0.1, 0.15) is 11.8 Å². The van der Waals surface area contributed by atoms with E-state index in [2.05, 4.69) is 22.8 Å². The number of rotatable bonds is 8. The number of carbonyl (C=O) groups is 1. The number of methoxy groups -OCH3 is 1. The van der Waals surface area contributed by atoms with Crippen LogP contribution in [-0.2, 0) is 14.8 Å². The number of piperazine rings is 1. The maximum atomic E-state index is 14.5. The maximum absolute atomic E-state index is 14.5. The molecule has 0 N–H and O–H groups in total. The highest BCUT2D eigenvalue weighted by atomic mass is 32.2. The van der Waals surface area contributed by atoms with Crippen LogP contribution in [0.1, 0.15) is 30.5 Å². The summed E-state index contributed by atoms with van der Waals surface area (Å²) in [5.74, 6) is 0.175. The minimum absolute atomic E-state index is 0.0802. The number of fused-ring (bicyclic) bond motifs is 1. The van der Waals surface area contributed by atoms with E-state index in [0.717, 1.165) is 43.1 Å².